The van der Waals surface area contributed by atoms with Crippen molar-refractivity contribution in [3.63, 3.8) is 0 Å². The average molecular weight is 366 g/mol. The van der Waals surface area contributed by atoms with Crippen LogP contribution in [0.5, 0.6) is 11.5 Å². The maximum Gasteiger partial charge on any atom is 0.440 e. The molecule has 0 saturated carbocycles. The molecule has 1 heterocycles. The summed E-state index contributed by atoms with van der Waals surface area (Å²) in [5, 5.41) is 0. The van der Waals surface area contributed by atoms with Crippen LogP contribution in [0.1, 0.15) is 31.7 Å². The summed E-state index contributed by atoms with van der Waals surface area (Å²) in [4.78, 5) is 24.8. The van der Waals surface area contributed by atoms with Crippen LogP contribution in [0.25, 0.3) is 5.57 Å². The second-order valence-corrected chi connectivity index (χ2v) is 6.15. The predicted octanol–water partition coefficient (Wildman–Crippen LogP) is 4.20. The zero-order valence-electron chi connectivity index (χ0n) is 15.2. The van der Waals surface area contributed by atoms with E-state index in [1.807, 2.05) is 60.7 Å². The van der Waals surface area contributed by atoms with Crippen molar-refractivity contribution in [1.29, 1.82) is 0 Å². The fourth-order valence-electron chi connectivity index (χ4n) is 2.74. The van der Waals surface area contributed by atoms with Gasteiger partial charge in [0.2, 0.25) is 0 Å². The van der Waals surface area contributed by atoms with Crippen molar-refractivity contribution in [2.75, 3.05) is 0 Å². The average Bonchev–Trinajstić information content (AvgIpc) is 3.00. The molecule has 6 nitrogen and oxygen atoms in total. The number of hydrogen-bond donors (Lipinski definition) is 1. The van der Waals surface area contributed by atoms with Crippen LogP contribution >= 0.6 is 0 Å². The smallest absolute Gasteiger partial charge is 0.440 e. The van der Waals surface area contributed by atoms with E-state index in [1.165, 1.54) is 0 Å². The highest BCUT2D eigenvalue weighted by Gasteiger charge is 2.06. The maximum absolute atomic E-state index is 11.6. The van der Waals surface area contributed by atoms with Crippen molar-refractivity contribution in [2.24, 2.45) is 0 Å². The molecule has 140 valence electrons. The number of ether oxygens (including phenoxy) is 1. The molecule has 0 atom stereocenters. The van der Waals surface area contributed by atoms with E-state index < -0.39 is 11.4 Å². The van der Waals surface area contributed by atoms with Crippen molar-refractivity contribution < 1.29 is 9.26 Å². The number of para-hydroxylation sites is 1. The third kappa shape index (κ3) is 5.10. The number of H-pyrrole nitrogens is 1. The monoisotopic (exact) mass is 366 g/mol. The van der Waals surface area contributed by atoms with E-state index in [0.717, 1.165) is 46.6 Å². The van der Waals surface area contributed by atoms with E-state index >= 15 is 0 Å². The number of unbranched alkanes of at least 4 members (excludes halogenated alkanes) is 1. The van der Waals surface area contributed by atoms with Gasteiger partial charge in [-0.2, -0.15) is 0 Å². The van der Waals surface area contributed by atoms with Crippen LogP contribution in [0.2, 0.25) is 0 Å². The van der Waals surface area contributed by atoms with Gasteiger partial charge in [0.1, 0.15) is 11.5 Å². The number of nitrogens with one attached hydrogen (secondary N) is 1. The summed E-state index contributed by atoms with van der Waals surface area (Å²) < 4.78 is 11.8. The molecule has 2 aromatic carbocycles. The molecule has 3 rings (SSSR count). The fourth-order valence-corrected chi connectivity index (χ4v) is 2.74. The number of rotatable bonds is 8. The minimum atomic E-state index is -0.748. The SMILES string of the molecule is CCCC/C(=C\Cn1oc(=O)[nH]c1=O)c1cccc(Oc2ccccc2)c1. The van der Waals surface area contributed by atoms with Gasteiger partial charge in [0.25, 0.3) is 0 Å². The van der Waals surface area contributed by atoms with Gasteiger partial charge in [0.15, 0.2) is 0 Å². The van der Waals surface area contributed by atoms with Crippen LogP contribution in [-0.2, 0) is 6.54 Å². The van der Waals surface area contributed by atoms with Crippen LogP contribution in [-0.4, -0.2) is 9.72 Å². The van der Waals surface area contributed by atoms with Crippen LogP contribution in [0.15, 0.2) is 74.8 Å². The first-order valence-electron chi connectivity index (χ1n) is 8.98. The second-order valence-electron chi connectivity index (χ2n) is 6.15. The lowest BCUT2D eigenvalue weighted by Gasteiger charge is -2.11. The Kier molecular flexibility index (Phi) is 6.10. The second kappa shape index (κ2) is 8.89. The Bertz CT molecular complexity index is 1010. The normalized spacial score (nSPS) is 11.5. The van der Waals surface area contributed by atoms with E-state index in [9.17, 15) is 9.59 Å². The summed E-state index contributed by atoms with van der Waals surface area (Å²) in [5.74, 6) is 0.766. The number of benzene rings is 2. The fraction of sp³-hybridized carbons (Fsp3) is 0.238. The summed E-state index contributed by atoms with van der Waals surface area (Å²) in [5.41, 5.74) is 1.54. The highest BCUT2D eigenvalue weighted by Crippen LogP contribution is 2.27. The van der Waals surface area contributed by atoms with Gasteiger partial charge in [0.05, 0.1) is 6.54 Å². The van der Waals surface area contributed by atoms with E-state index in [2.05, 4.69) is 11.9 Å². The summed E-state index contributed by atoms with van der Waals surface area (Å²) in [7, 11) is 0. The topological polar surface area (TPSA) is 77.2 Å². The number of hydrogen-bond acceptors (Lipinski definition) is 4. The molecule has 1 N–H and O–H groups in total. The van der Waals surface area contributed by atoms with Crippen LogP contribution in [0.3, 0.4) is 0 Å². The Morgan fingerprint density at radius 1 is 1.11 bits per heavy atom. The molecule has 1 aromatic heterocycles. The molecular weight excluding hydrogens is 344 g/mol. The molecule has 0 bridgehead atoms. The lowest BCUT2D eigenvalue weighted by molar-refractivity contribution is 0.261. The van der Waals surface area contributed by atoms with Crippen molar-refractivity contribution in [3.05, 3.63) is 87.3 Å². The highest BCUT2D eigenvalue weighted by atomic mass is 16.5. The molecule has 0 spiro atoms. The quantitative estimate of drug-likeness (QED) is 0.648. The van der Waals surface area contributed by atoms with E-state index in [0.29, 0.717) is 0 Å². The third-order valence-corrected chi connectivity index (χ3v) is 4.12. The first-order chi connectivity index (χ1) is 13.2. The van der Waals surface area contributed by atoms with E-state index in [1.54, 1.807) is 0 Å². The lowest BCUT2D eigenvalue weighted by Crippen LogP contribution is -2.16. The van der Waals surface area contributed by atoms with Crippen molar-refractivity contribution in [2.45, 2.75) is 32.7 Å². The molecule has 0 fully saturated rings. The Morgan fingerprint density at radius 3 is 2.59 bits per heavy atom. The highest BCUT2D eigenvalue weighted by molar-refractivity contribution is 5.66. The van der Waals surface area contributed by atoms with Crippen molar-refractivity contribution >= 4 is 5.57 Å². The number of nitrogens with zero attached hydrogens (tertiary/aromatic N) is 1. The molecule has 0 aliphatic heterocycles. The Balaban J connectivity index is 1.84. The first-order valence-corrected chi connectivity index (χ1v) is 8.98. The van der Waals surface area contributed by atoms with Gasteiger partial charge < -0.3 is 9.26 Å². The largest absolute Gasteiger partial charge is 0.457 e. The van der Waals surface area contributed by atoms with Gasteiger partial charge in [-0.25, -0.2) is 14.6 Å². The lowest BCUT2D eigenvalue weighted by atomic mass is 9.99. The molecule has 3 aromatic rings. The van der Waals surface area contributed by atoms with Gasteiger partial charge in [-0.15, -0.1) is 4.74 Å². The van der Waals surface area contributed by atoms with Gasteiger partial charge in [0, 0.05) is 0 Å². The summed E-state index contributed by atoms with van der Waals surface area (Å²) in [6.45, 7) is 2.32. The number of aromatic amines is 1. The minimum Gasteiger partial charge on any atom is -0.457 e. The van der Waals surface area contributed by atoms with Crippen LogP contribution in [0.4, 0.5) is 0 Å². The molecule has 0 aliphatic carbocycles. The van der Waals surface area contributed by atoms with Crippen LogP contribution < -0.4 is 16.2 Å². The molecule has 0 unspecified atom stereocenters. The van der Waals surface area contributed by atoms with Crippen molar-refractivity contribution in [1.82, 2.24) is 9.72 Å². The molecular formula is C21H22N2O4. The summed E-state index contributed by atoms with van der Waals surface area (Å²) >= 11 is 0. The van der Waals surface area contributed by atoms with Gasteiger partial charge in [-0.1, -0.05) is 49.8 Å². The molecule has 0 amide bonds. The van der Waals surface area contributed by atoms with Gasteiger partial charge >= 0.3 is 11.4 Å². The van der Waals surface area contributed by atoms with Gasteiger partial charge in [-0.3, -0.25) is 0 Å². The summed E-state index contributed by atoms with van der Waals surface area (Å²) in [6, 6.07) is 17.4. The molecule has 0 radical (unpaired) electrons. The first kappa shape index (κ1) is 18.5. The Labute approximate surface area is 156 Å². The zero-order valence-corrected chi connectivity index (χ0v) is 15.2. The third-order valence-electron chi connectivity index (χ3n) is 4.12. The Hall–Kier alpha value is -3.28. The maximum atomic E-state index is 11.6. The molecule has 0 saturated heterocycles. The Morgan fingerprint density at radius 2 is 1.89 bits per heavy atom. The van der Waals surface area contributed by atoms with E-state index in [4.69, 9.17) is 9.26 Å². The van der Waals surface area contributed by atoms with Crippen molar-refractivity contribution in [3.8, 4) is 11.5 Å². The molecule has 0 aliphatic rings. The number of aromatic nitrogens is 2. The standard InChI is InChI=1S/C21H22N2O4/c1-2-3-8-16(13-14-23-20(24)22-21(25)27-23)17-9-7-12-19(15-17)26-18-10-5-4-6-11-18/h4-7,9-13,15H,2-3,8,14H2,1H3,(H,22,24,25)/b16-13+. The molecule has 6 heteroatoms. The predicted molar refractivity (Wildman–Crippen MR) is 104 cm³/mol. The molecule has 27 heavy (non-hydrogen) atoms. The summed E-state index contributed by atoms with van der Waals surface area (Å²) in [6.07, 6.45) is 4.84. The van der Waals surface area contributed by atoms with Gasteiger partial charge in [-0.05, 0) is 48.2 Å². The zero-order chi connectivity index (χ0) is 19.1. The van der Waals surface area contributed by atoms with Crippen LogP contribution in [0, 0.1) is 0 Å². The van der Waals surface area contributed by atoms with E-state index in [-0.39, 0.29) is 6.54 Å². The minimum absolute atomic E-state index is 0.195. The number of allylic oxidation sites excluding steroid dienone is 2.